The van der Waals surface area contributed by atoms with Crippen LogP contribution in [-0.2, 0) is 5.41 Å². The maximum Gasteiger partial charge on any atom is 0.0159 e. The zero-order chi connectivity index (χ0) is 32.7. The van der Waals surface area contributed by atoms with Crippen LogP contribution < -0.4 is 0 Å². The lowest BCUT2D eigenvalue weighted by atomic mass is 9.80. The summed E-state index contributed by atoms with van der Waals surface area (Å²) in [5.74, 6) is 0. The monoisotopic (exact) mass is 622 g/mol. The lowest BCUT2D eigenvalue weighted by molar-refractivity contribution is 0.661. The van der Waals surface area contributed by atoms with Gasteiger partial charge in [-0.3, -0.25) is 0 Å². The van der Waals surface area contributed by atoms with Crippen LogP contribution in [0.5, 0.6) is 0 Å². The van der Waals surface area contributed by atoms with Gasteiger partial charge in [0.05, 0.1) is 0 Å². The van der Waals surface area contributed by atoms with Gasteiger partial charge in [-0.25, -0.2) is 0 Å². The van der Waals surface area contributed by atoms with E-state index in [1.807, 2.05) is 0 Å². The van der Waals surface area contributed by atoms with Gasteiger partial charge < -0.3 is 0 Å². The molecule has 0 saturated carbocycles. The van der Waals surface area contributed by atoms with Crippen molar-refractivity contribution in [2.75, 3.05) is 0 Å². The first-order chi connectivity index (χ1) is 24.1. The van der Waals surface area contributed by atoms with Crippen LogP contribution in [0.3, 0.4) is 0 Å². The highest BCUT2D eigenvalue weighted by Gasteiger charge is 2.37. The Morgan fingerprint density at radius 2 is 0.959 bits per heavy atom. The Morgan fingerprint density at radius 1 is 0.306 bits per heavy atom. The molecule has 0 nitrogen and oxygen atoms in total. The first kappa shape index (κ1) is 28.1. The predicted molar refractivity (Wildman–Crippen MR) is 210 cm³/mol. The van der Waals surface area contributed by atoms with Crippen molar-refractivity contribution < 1.29 is 0 Å². The molecule has 0 unspecified atom stereocenters. The molecule has 49 heavy (non-hydrogen) atoms. The Morgan fingerprint density at radius 3 is 1.80 bits per heavy atom. The van der Waals surface area contributed by atoms with E-state index in [9.17, 15) is 0 Å². The Labute approximate surface area is 286 Å². The minimum Gasteiger partial charge on any atom is -0.0622 e. The fourth-order valence-corrected chi connectivity index (χ4v) is 8.69. The molecule has 230 valence electrons. The Bertz CT molecular complexity index is 2780. The maximum absolute atomic E-state index is 2.49. The second kappa shape index (κ2) is 10.5. The molecular weight excluding hydrogens is 589 g/mol. The average molecular weight is 623 g/mol. The van der Waals surface area contributed by atoms with Crippen LogP contribution in [0, 0.1) is 0 Å². The van der Waals surface area contributed by atoms with Crippen molar-refractivity contribution in [3.05, 3.63) is 181 Å². The molecule has 0 spiro atoms. The number of benzene rings is 9. The van der Waals surface area contributed by atoms with Gasteiger partial charge in [0, 0.05) is 5.41 Å². The summed E-state index contributed by atoms with van der Waals surface area (Å²) in [6.07, 6.45) is 0. The number of hydrogen-bond donors (Lipinski definition) is 0. The molecule has 0 saturated heterocycles. The molecular formula is C49H34. The molecule has 1 aliphatic carbocycles. The van der Waals surface area contributed by atoms with E-state index in [1.165, 1.54) is 98.7 Å². The summed E-state index contributed by atoms with van der Waals surface area (Å²) < 4.78 is 0. The highest BCUT2D eigenvalue weighted by molar-refractivity contribution is 6.21. The van der Waals surface area contributed by atoms with Gasteiger partial charge in [-0.2, -0.15) is 0 Å². The topological polar surface area (TPSA) is 0 Å². The largest absolute Gasteiger partial charge is 0.0622 e. The van der Waals surface area contributed by atoms with Crippen molar-refractivity contribution in [3.63, 3.8) is 0 Å². The van der Waals surface area contributed by atoms with Crippen LogP contribution in [0.4, 0.5) is 0 Å². The lowest BCUT2D eigenvalue weighted by Gasteiger charge is -2.23. The molecule has 0 heterocycles. The van der Waals surface area contributed by atoms with Crippen LogP contribution in [0.2, 0.25) is 0 Å². The van der Waals surface area contributed by atoms with Crippen LogP contribution in [0.1, 0.15) is 25.0 Å². The van der Waals surface area contributed by atoms with Crippen molar-refractivity contribution >= 4 is 43.1 Å². The van der Waals surface area contributed by atoms with Gasteiger partial charge in [0.15, 0.2) is 0 Å². The van der Waals surface area contributed by atoms with E-state index in [2.05, 4.69) is 184 Å². The number of hydrogen-bond acceptors (Lipinski definition) is 0. The quantitative estimate of drug-likeness (QED) is 0.136. The number of fused-ring (bicyclic) bond motifs is 9. The fourth-order valence-electron chi connectivity index (χ4n) is 8.69. The van der Waals surface area contributed by atoms with E-state index >= 15 is 0 Å². The Balaban J connectivity index is 1.29. The molecule has 1 aliphatic rings. The normalized spacial score (nSPS) is 13.3. The molecule has 0 atom stereocenters. The van der Waals surface area contributed by atoms with E-state index in [1.54, 1.807) is 0 Å². The molecule has 0 amide bonds. The van der Waals surface area contributed by atoms with Gasteiger partial charge in [-0.05, 0) is 117 Å². The van der Waals surface area contributed by atoms with Crippen molar-refractivity contribution in [2.24, 2.45) is 0 Å². The number of rotatable bonds is 3. The maximum atomic E-state index is 2.49. The van der Waals surface area contributed by atoms with E-state index < -0.39 is 0 Å². The molecule has 9 aromatic rings. The van der Waals surface area contributed by atoms with Gasteiger partial charge in [0.2, 0.25) is 0 Å². The van der Waals surface area contributed by atoms with Gasteiger partial charge in [-0.15, -0.1) is 0 Å². The van der Waals surface area contributed by atoms with Gasteiger partial charge >= 0.3 is 0 Å². The SMILES string of the molecule is CC1(C)c2ccccc2-c2c1cc(-c1ccc(-c3c4ccccc4cc4c3ccc3ccccc34)c(-c3ccccc3)c1)c1ccccc21. The highest BCUT2D eigenvalue weighted by Crippen LogP contribution is 2.53. The Kier molecular flexibility index (Phi) is 6.02. The summed E-state index contributed by atoms with van der Waals surface area (Å²) in [5, 5.41) is 10.3. The minimum absolute atomic E-state index is 0.0858. The summed E-state index contributed by atoms with van der Waals surface area (Å²) in [6, 6.07) is 63.2. The lowest BCUT2D eigenvalue weighted by Crippen LogP contribution is -2.15. The molecule has 0 bridgehead atoms. The second-order valence-corrected chi connectivity index (χ2v) is 14.0. The third kappa shape index (κ3) is 4.11. The standard InChI is InChI=1S/C49H34/c1-49(2)45-23-13-12-22-41(45)48-38-21-11-10-20-37(38)43(30-46(48)49)34-25-27-39(42(28-34)31-14-4-3-5-15-31)47-36-19-9-7-17-33(36)29-44-35-18-8-6-16-32(35)24-26-40(44)47/h3-30H,1-2H3. The summed E-state index contributed by atoms with van der Waals surface area (Å²) in [4.78, 5) is 0. The van der Waals surface area contributed by atoms with E-state index in [0.717, 1.165) is 0 Å². The molecule has 10 rings (SSSR count). The van der Waals surface area contributed by atoms with E-state index in [4.69, 9.17) is 0 Å². The zero-order valence-electron chi connectivity index (χ0n) is 27.7. The van der Waals surface area contributed by atoms with Gasteiger partial charge in [0.25, 0.3) is 0 Å². The summed E-state index contributed by atoms with van der Waals surface area (Å²) >= 11 is 0. The van der Waals surface area contributed by atoms with E-state index in [0.29, 0.717) is 0 Å². The third-order valence-corrected chi connectivity index (χ3v) is 11.0. The third-order valence-electron chi connectivity index (χ3n) is 11.0. The van der Waals surface area contributed by atoms with Crippen molar-refractivity contribution in [2.45, 2.75) is 19.3 Å². The smallest absolute Gasteiger partial charge is 0.0159 e. The molecule has 0 aromatic heterocycles. The molecule has 0 fully saturated rings. The molecule has 0 N–H and O–H groups in total. The van der Waals surface area contributed by atoms with Crippen molar-refractivity contribution in [1.29, 1.82) is 0 Å². The molecule has 0 radical (unpaired) electrons. The van der Waals surface area contributed by atoms with Crippen LogP contribution in [0.15, 0.2) is 170 Å². The van der Waals surface area contributed by atoms with Crippen LogP contribution >= 0.6 is 0 Å². The fraction of sp³-hybridized carbons (Fsp3) is 0.0612. The zero-order valence-corrected chi connectivity index (χ0v) is 27.7. The van der Waals surface area contributed by atoms with Crippen LogP contribution in [-0.4, -0.2) is 0 Å². The summed E-state index contributed by atoms with van der Waals surface area (Å²) in [5.41, 5.74) is 13.0. The van der Waals surface area contributed by atoms with Gasteiger partial charge in [0.1, 0.15) is 0 Å². The molecule has 0 heteroatoms. The summed E-state index contributed by atoms with van der Waals surface area (Å²) in [6.45, 7) is 4.76. The minimum atomic E-state index is -0.0858. The predicted octanol–water partition coefficient (Wildman–Crippen LogP) is 13.6. The first-order valence-electron chi connectivity index (χ1n) is 17.3. The van der Waals surface area contributed by atoms with Crippen LogP contribution in [0.25, 0.3) is 87.6 Å². The van der Waals surface area contributed by atoms with E-state index in [-0.39, 0.29) is 5.41 Å². The molecule has 0 aliphatic heterocycles. The Hall–Kier alpha value is -5.98. The van der Waals surface area contributed by atoms with Gasteiger partial charge in [-0.1, -0.05) is 166 Å². The highest BCUT2D eigenvalue weighted by atomic mass is 14.4. The first-order valence-corrected chi connectivity index (χ1v) is 17.3. The molecule has 9 aromatic carbocycles. The second-order valence-electron chi connectivity index (χ2n) is 14.0. The van der Waals surface area contributed by atoms with Crippen molar-refractivity contribution in [3.8, 4) is 44.5 Å². The summed E-state index contributed by atoms with van der Waals surface area (Å²) in [7, 11) is 0. The average Bonchev–Trinajstić information content (AvgIpc) is 3.39. The van der Waals surface area contributed by atoms with Crippen molar-refractivity contribution in [1.82, 2.24) is 0 Å².